The SMILES string of the molecule is COC(C)C(C)(O)c1ccc2cccnc2c1. The molecule has 0 amide bonds. The average molecular weight is 231 g/mol. The van der Waals surface area contributed by atoms with Gasteiger partial charge in [-0.15, -0.1) is 0 Å². The van der Waals surface area contributed by atoms with Gasteiger partial charge in [0.15, 0.2) is 0 Å². The van der Waals surface area contributed by atoms with Gasteiger partial charge in [0.05, 0.1) is 11.6 Å². The summed E-state index contributed by atoms with van der Waals surface area (Å²) < 4.78 is 5.21. The van der Waals surface area contributed by atoms with Crippen molar-refractivity contribution < 1.29 is 9.84 Å². The molecule has 0 aliphatic carbocycles. The van der Waals surface area contributed by atoms with Crippen molar-refractivity contribution in [1.82, 2.24) is 4.98 Å². The van der Waals surface area contributed by atoms with Gasteiger partial charge in [-0.25, -0.2) is 0 Å². The van der Waals surface area contributed by atoms with E-state index in [0.29, 0.717) is 0 Å². The highest BCUT2D eigenvalue weighted by molar-refractivity contribution is 5.79. The Morgan fingerprint density at radius 3 is 2.82 bits per heavy atom. The summed E-state index contributed by atoms with van der Waals surface area (Å²) in [6.45, 7) is 3.61. The van der Waals surface area contributed by atoms with E-state index in [1.165, 1.54) is 0 Å². The van der Waals surface area contributed by atoms with E-state index in [4.69, 9.17) is 4.74 Å². The molecular formula is C14H17NO2. The molecule has 0 radical (unpaired) electrons. The normalized spacial score (nSPS) is 16.7. The molecule has 3 nitrogen and oxygen atoms in total. The van der Waals surface area contributed by atoms with Crippen molar-refractivity contribution in [3.8, 4) is 0 Å². The molecule has 1 aromatic heterocycles. The summed E-state index contributed by atoms with van der Waals surface area (Å²) in [6, 6.07) is 9.69. The lowest BCUT2D eigenvalue weighted by molar-refractivity contribution is -0.0771. The van der Waals surface area contributed by atoms with Crippen LogP contribution in [0.15, 0.2) is 36.5 Å². The van der Waals surface area contributed by atoms with Crippen LogP contribution < -0.4 is 0 Å². The van der Waals surface area contributed by atoms with Gasteiger partial charge < -0.3 is 9.84 Å². The maximum atomic E-state index is 10.5. The second-order valence-corrected chi connectivity index (χ2v) is 4.44. The third-order valence-electron chi connectivity index (χ3n) is 3.34. The van der Waals surface area contributed by atoms with E-state index in [1.807, 2.05) is 37.3 Å². The van der Waals surface area contributed by atoms with Crippen LogP contribution in [-0.2, 0) is 10.3 Å². The number of rotatable bonds is 3. The highest BCUT2D eigenvalue weighted by Gasteiger charge is 2.30. The van der Waals surface area contributed by atoms with Crippen molar-refractivity contribution in [3.05, 3.63) is 42.1 Å². The lowest BCUT2D eigenvalue weighted by atomic mass is 9.90. The van der Waals surface area contributed by atoms with Crippen molar-refractivity contribution in [2.75, 3.05) is 7.11 Å². The van der Waals surface area contributed by atoms with Crippen molar-refractivity contribution in [2.45, 2.75) is 25.6 Å². The highest BCUT2D eigenvalue weighted by Crippen LogP contribution is 2.28. The summed E-state index contributed by atoms with van der Waals surface area (Å²) in [6.07, 6.45) is 1.48. The smallest absolute Gasteiger partial charge is 0.113 e. The minimum atomic E-state index is -1.01. The molecule has 3 heteroatoms. The molecule has 2 aromatic rings. The van der Waals surface area contributed by atoms with Crippen molar-refractivity contribution >= 4 is 10.9 Å². The number of hydrogen-bond donors (Lipinski definition) is 1. The lowest BCUT2D eigenvalue weighted by Gasteiger charge is -2.29. The number of ether oxygens (including phenoxy) is 1. The van der Waals surface area contributed by atoms with Crippen molar-refractivity contribution in [1.29, 1.82) is 0 Å². The van der Waals surface area contributed by atoms with Crippen molar-refractivity contribution in [3.63, 3.8) is 0 Å². The maximum Gasteiger partial charge on any atom is 0.113 e. The van der Waals surface area contributed by atoms with Gasteiger partial charge in [-0.3, -0.25) is 4.98 Å². The van der Waals surface area contributed by atoms with Crippen LogP contribution in [-0.4, -0.2) is 23.3 Å². The molecule has 2 atom stereocenters. The zero-order valence-electron chi connectivity index (χ0n) is 10.3. The summed E-state index contributed by atoms with van der Waals surface area (Å²) in [5, 5.41) is 11.5. The van der Waals surface area contributed by atoms with E-state index < -0.39 is 5.60 Å². The molecule has 0 aliphatic heterocycles. The van der Waals surface area contributed by atoms with Crippen LogP contribution in [0.4, 0.5) is 0 Å². The topological polar surface area (TPSA) is 42.4 Å². The number of aliphatic hydroxyl groups is 1. The minimum Gasteiger partial charge on any atom is -0.383 e. The Hall–Kier alpha value is -1.45. The van der Waals surface area contributed by atoms with Gasteiger partial charge in [0, 0.05) is 18.7 Å². The second kappa shape index (κ2) is 4.43. The Balaban J connectivity index is 2.49. The molecule has 0 bridgehead atoms. The fraction of sp³-hybridized carbons (Fsp3) is 0.357. The van der Waals surface area contributed by atoms with Gasteiger partial charge in [0.1, 0.15) is 5.60 Å². The number of nitrogens with zero attached hydrogens (tertiary/aromatic N) is 1. The van der Waals surface area contributed by atoms with Gasteiger partial charge in [-0.1, -0.05) is 18.2 Å². The number of aromatic nitrogens is 1. The van der Waals surface area contributed by atoms with Crippen LogP contribution in [0, 0.1) is 0 Å². The summed E-state index contributed by atoms with van der Waals surface area (Å²) in [7, 11) is 1.60. The molecule has 1 aromatic carbocycles. The quantitative estimate of drug-likeness (QED) is 0.882. The van der Waals surface area contributed by atoms with Crippen LogP contribution in [0.3, 0.4) is 0 Å². The molecule has 0 fully saturated rings. The van der Waals surface area contributed by atoms with Crippen LogP contribution in [0.2, 0.25) is 0 Å². The first-order valence-corrected chi connectivity index (χ1v) is 5.66. The van der Waals surface area contributed by atoms with Gasteiger partial charge in [0.2, 0.25) is 0 Å². The predicted octanol–water partition coefficient (Wildman–Crippen LogP) is 2.48. The molecule has 0 spiro atoms. The number of benzene rings is 1. The number of hydrogen-bond acceptors (Lipinski definition) is 3. The highest BCUT2D eigenvalue weighted by atomic mass is 16.5. The monoisotopic (exact) mass is 231 g/mol. The first-order chi connectivity index (χ1) is 8.05. The van der Waals surface area contributed by atoms with E-state index in [9.17, 15) is 5.11 Å². The Morgan fingerprint density at radius 2 is 2.12 bits per heavy atom. The third-order valence-corrected chi connectivity index (χ3v) is 3.34. The van der Waals surface area contributed by atoms with Gasteiger partial charge >= 0.3 is 0 Å². The summed E-state index contributed by atoms with van der Waals surface area (Å²) in [4.78, 5) is 4.29. The third kappa shape index (κ3) is 2.16. The van der Waals surface area contributed by atoms with Gasteiger partial charge in [0.25, 0.3) is 0 Å². The Morgan fingerprint density at radius 1 is 1.35 bits per heavy atom. The second-order valence-electron chi connectivity index (χ2n) is 4.44. The van der Waals surface area contributed by atoms with E-state index >= 15 is 0 Å². The molecule has 1 N–H and O–H groups in total. The van der Waals surface area contributed by atoms with E-state index in [1.54, 1.807) is 20.2 Å². The fourth-order valence-electron chi connectivity index (χ4n) is 1.85. The molecule has 0 saturated heterocycles. The zero-order chi connectivity index (χ0) is 12.5. The Kier molecular flexibility index (Phi) is 3.13. The molecule has 0 saturated carbocycles. The summed E-state index contributed by atoms with van der Waals surface area (Å²) >= 11 is 0. The van der Waals surface area contributed by atoms with Gasteiger partial charge in [-0.2, -0.15) is 0 Å². The lowest BCUT2D eigenvalue weighted by Crippen LogP contribution is -2.35. The minimum absolute atomic E-state index is 0.274. The first-order valence-electron chi connectivity index (χ1n) is 5.66. The van der Waals surface area contributed by atoms with Gasteiger partial charge in [-0.05, 0) is 31.5 Å². The molecule has 0 aliphatic rings. The molecule has 2 rings (SSSR count). The standard InChI is InChI=1S/C14H17NO2/c1-10(17-3)14(2,16)12-7-6-11-5-4-8-15-13(11)9-12/h4-10,16H,1-3H3. The molecule has 2 unspecified atom stereocenters. The number of pyridine rings is 1. The summed E-state index contributed by atoms with van der Waals surface area (Å²) in [5.74, 6) is 0. The fourth-order valence-corrected chi connectivity index (χ4v) is 1.85. The van der Waals surface area contributed by atoms with Crippen LogP contribution in [0.25, 0.3) is 10.9 Å². The number of methoxy groups -OCH3 is 1. The number of fused-ring (bicyclic) bond motifs is 1. The van der Waals surface area contributed by atoms with E-state index in [2.05, 4.69) is 4.98 Å². The summed E-state index contributed by atoms with van der Waals surface area (Å²) in [5.41, 5.74) is 0.687. The maximum absolute atomic E-state index is 10.5. The average Bonchev–Trinajstić information content (AvgIpc) is 2.37. The van der Waals surface area contributed by atoms with E-state index in [0.717, 1.165) is 16.5 Å². The zero-order valence-corrected chi connectivity index (χ0v) is 10.3. The Bertz CT molecular complexity index is 522. The Labute approximate surface area is 101 Å². The predicted molar refractivity (Wildman–Crippen MR) is 67.8 cm³/mol. The van der Waals surface area contributed by atoms with E-state index in [-0.39, 0.29) is 6.10 Å². The largest absolute Gasteiger partial charge is 0.383 e. The van der Waals surface area contributed by atoms with Crippen LogP contribution >= 0.6 is 0 Å². The van der Waals surface area contributed by atoms with Crippen LogP contribution in [0.1, 0.15) is 19.4 Å². The van der Waals surface area contributed by atoms with Crippen LogP contribution in [0.5, 0.6) is 0 Å². The molecule has 1 heterocycles. The first kappa shape index (κ1) is 12.0. The molecule has 90 valence electrons. The molecular weight excluding hydrogens is 214 g/mol. The van der Waals surface area contributed by atoms with Crippen molar-refractivity contribution in [2.24, 2.45) is 0 Å². The molecule has 17 heavy (non-hydrogen) atoms.